The first-order valence-electron chi connectivity index (χ1n) is 10.00. The van der Waals surface area contributed by atoms with Crippen LogP contribution in [-0.4, -0.2) is 42.6 Å². The summed E-state index contributed by atoms with van der Waals surface area (Å²) in [6.07, 6.45) is 10.7. The topological polar surface area (TPSA) is 59.4 Å². The number of piperazine rings is 1. The van der Waals surface area contributed by atoms with E-state index in [1.54, 1.807) is 4.68 Å². The number of hydrogen-bond acceptors (Lipinski definition) is 5. The number of nitrogens with one attached hydrogen (secondary N) is 1. The monoisotopic (exact) mass is 346 g/mol. The maximum atomic E-state index is 13.0. The van der Waals surface area contributed by atoms with Crippen LogP contribution in [0, 0.1) is 11.8 Å². The summed E-state index contributed by atoms with van der Waals surface area (Å²) in [4.78, 5) is 15.2. The molecule has 0 spiro atoms. The third-order valence-corrected chi connectivity index (χ3v) is 5.81. The van der Waals surface area contributed by atoms with Gasteiger partial charge in [-0.05, 0) is 31.1 Å². The first kappa shape index (κ1) is 16.9. The molecule has 1 aromatic heterocycles. The Hall–Kier alpha value is -1.56. The zero-order valence-electron chi connectivity index (χ0n) is 15.1. The van der Waals surface area contributed by atoms with Crippen LogP contribution in [0.15, 0.2) is 11.0 Å². The molecule has 25 heavy (non-hydrogen) atoms. The Morgan fingerprint density at radius 2 is 1.88 bits per heavy atom. The number of rotatable bonds is 7. The van der Waals surface area contributed by atoms with Gasteiger partial charge in [-0.3, -0.25) is 4.79 Å². The molecule has 2 heterocycles. The molecule has 4 rings (SSSR count). The lowest BCUT2D eigenvalue weighted by molar-refractivity contribution is 0.272. The van der Waals surface area contributed by atoms with Gasteiger partial charge in [-0.15, -0.1) is 0 Å². The predicted molar refractivity (Wildman–Crippen MR) is 98.4 cm³/mol. The van der Waals surface area contributed by atoms with Gasteiger partial charge in [-0.2, -0.15) is 5.10 Å². The number of hydrogen-bond donors (Lipinski definition) is 1. The molecule has 1 aromatic rings. The molecule has 0 unspecified atom stereocenters. The van der Waals surface area contributed by atoms with Crippen LogP contribution >= 0.6 is 0 Å². The molecular weight excluding hydrogens is 316 g/mol. The highest BCUT2D eigenvalue weighted by molar-refractivity contribution is 5.56. The number of ether oxygens (including phenoxy) is 1. The normalized spacial score (nSPS) is 21.7. The van der Waals surface area contributed by atoms with Gasteiger partial charge in [0.05, 0.1) is 12.8 Å². The van der Waals surface area contributed by atoms with Crippen LogP contribution in [0.1, 0.15) is 44.9 Å². The second-order valence-electron chi connectivity index (χ2n) is 7.81. The van der Waals surface area contributed by atoms with Crippen molar-refractivity contribution in [1.82, 2.24) is 15.1 Å². The maximum Gasteiger partial charge on any atom is 0.311 e. The highest BCUT2D eigenvalue weighted by atomic mass is 16.5. The highest BCUT2D eigenvalue weighted by Crippen LogP contribution is 2.31. The average Bonchev–Trinajstić information content (AvgIpc) is 3.31. The summed E-state index contributed by atoms with van der Waals surface area (Å²) in [7, 11) is 0. The maximum absolute atomic E-state index is 13.0. The van der Waals surface area contributed by atoms with Gasteiger partial charge in [-0.25, -0.2) is 4.68 Å². The van der Waals surface area contributed by atoms with Crippen molar-refractivity contribution >= 4 is 5.69 Å². The van der Waals surface area contributed by atoms with Gasteiger partial charge in [0.1, 0.15) is 5.69 Å². The van der Waals surface area contributed by atoms with Gasteiger partial charge in [-0.1, -0.05) is 25.7 Å². The lowest BCUT2D eigenvalue weighted by atomic mass is 10.1. The van der Waals surface area contributed by atoms with E-state index < -0.39 is 0 Å². The van der Waals surface area contributed by atoms with Crippen molar-refractivity contribution in [2.24, 2.45) is 11.8 Å². The van der Waals surface area contributed by atoms with Crippen LogP contribution < -0.4 is 20.5 Å². The summed E-state index contributed by atoms with van der Waals surface area (Å²) in [6.45, 7) is 5.05. The van der Waals surface area contributed by atoms with Gasteiger partial charge in [0, 0.05) is 32.7 Å². The molecule has 0 bridgehead atoms. The molecule has 0 radical (unpaired) electrons. The zero-order valence-corrected chi connectivity index (χ0v) is 15.1. The molecule has 6 nitrogen and oxygen atoms in total. The van der Waals surface area contributed by atoms with Crippen LogP contribution in [0.25, 0.3) is 0 Å². The van der Waals surface area contributed by atoms with Crippen LogP contribution in [0.2, 0.25) is 0 Å². The fourth-order valence-electron chi connectivity index (χ4n) is 4.03. The quantitative estimate of drug-likeness (QED) is 0.818. The number of nitrogens with zero attached hydrogens (tertiary/aromatic N) is 3. The largest absolute Gasteiger partial charge is 0.486 e. The van der Waals surface area contributed by atoms with E-state index in [1.807, 2.05) is 6.20 Å². The Morgan fingerprint density at radius 3 is 2.60 bits per heavy atom. The molecule has 138 valence electrons. The Kier molecular flexibility index (Phi) is 5.25. The van der Waals surface area contributed by atoms with E-state index in [0.29, 0.717) is 18.3 Å². The molecule has 2 saturated carbocycles. The van der Waals surface area contributed by atoms with Crippen molar-refractivity contribution in [3.05, 3.63) is 16.6 Å². The van der Waals surface area contributed by atoms with Crippen LogP contribution in [0.4, 0.5) is 5.69 Å². The molecule has 0 aromatic carbocycles. The van der Waals surface area contributed by atoms with Crippen molar-refractivity contribution in [1.29, 1.82) is 0 Å². The summed E-state index contributed by atoms with van der Waals surface area (Å²) < 4.78 is 7.71. The minimum atomic E-state index is -0.0469. The third-order valence-electron chi connectivity index (χ3n) is 5.81. The zero-order chi connectivity index (χ0) is 17.1. The number of aromatic nitrogens is 2. The van der Waals surface area contributed by atoms with E-state index in [2.05, 4.69) is 15.3 Å². The van der Waals surface area contributed by atoms with Crippen molar-refractivity contribution in [3.63, 3.8) is 0 Å². The van der Waals surface area contributed by atoms with Crippen molar-refractivity contribution in [2.45, 2.75) is 51.5 Å². The summed E-state index contributed by atoms with van der Waals surface area (Å²) in [5, 5.41) is 7.80. The molecule has 1 saturated heterocycles. The van der Waals surface area contributed by atoms with Crippen LogP contribution in [0.3, 0.4) is 0 Å². The van der Waals surface area contributed by atoms with E-state index in [4.69, 9.17) is 4.74 Å². The fourth-order valence-corrected chi connectivity index (χ4v) is 4.03. The Labute approximate surface area is 149 Å². The minimum Gasteiger partial charge on any atom is -0.486 e. The second-order valence-corrected chi connectivity index (χ2v) is 7.81. The average molecular weight is 346 g/mol. The van der Waals surface area contributed by atoms with Gasteiger partial charge >= 0.3 is 5.56 Å². The van der Waals surface area contributed by atoms with Crippen LogP contribution in [0.5, 0.6) is 5.75 Å². The van der Waals surface area contributed by atoms with E-state index >= 15 is 0 Å². The van der Waals surface area contributed by atoms with Gasteiger partial charge in [0.2, 0.25) is 5.75 Å². The molecule has 1 aliphatic heterocycles. The van der Waals surface area contributed by atoms with Crippen LogP contribution in [-0.2, 0) is 6.54 Å². The standard InChI is InChI=1S/C19H30N4O2/c24-19-18(25-12-7-15-3-1-2-4-15)17(22-10-8-20-9-11-22)13-21-23(19)14-16-5-6-16/h13,15-16,20H,1-12,14H2. The summed E-state index contributed by atoms with van der Waals surface area (Å²) in [6, 6.07) is 0. The smallest absolute Gasteiger partial charge is 0.311 e. The molecule has 0 atom stereocenters. The molecule has 3 aliphatic rings. The molecule has 2 aliphatic carbocycles. The highest BCUT2D eigenvalue weighted by Gasteiger charge is 2.26. The molecule has 6 heteroatoms. The predicted octanol–water partition coefficient (Wildman–Crippen LogP) is 2.02. The summed E-state index contributed by atoms with van der Waals surface area (Å²) in [5.74, 6) is 1.93. The molecule has 1 N–H and O–H groups in total. The third kappa shape index (κ3) is 4.17. The van der Waals surface area contributed by atoms with E-state index in [0.717, 1.165) is 50.7 Å². The van der Waals surface area contributed by atoms with Crippen molar-refractivity contribution < 1.29 is 4.74 Å². The lowest BCUT2D eigenvalue weighted by Crippen LogP contribution is -2.44. The first-order chi connectivity index (χ1) is 12.3. The van der Waals surface area contributed by atoms with Gasteiger partial charge in [0.15, 0.2) is 0 Å². The number of anilines is 1. The first-order valence-corrected chi connectivity index (χ1v) is 10.00. The molecule has 0 amide bonds. The Morgan fingerprint density at radius 1 is 1.12 bits per heavy atom. The lowest BCUT2D eigenvalue weighted by Gasteiger charge is -2.30. The van der Waals surface area contributed by atoms with E-state index in [1.165, 1.54) is 38.5 Å². The SMILES string of the molecule is O=c1c(OCCC2CCCC2)c(N2CCNCC2)cnn1CC1CC1. The molecular formula is C19H30N4O2. The molecule has 3 fully saturated rings. The van der Waals surface area contributed by atoms with Crippen molar-refractivity contribution in [2.75, 3.05) is 37.7 Å². The Balaban J connectivity index is 1.51. The van der Waals surface area contributed by atoms with Crippen molar-refractivity contribution in [3.8, 4) is 5.75 Å². The Bertz CT molecular complexity index is 629. The summed E-state index contributed by atoms with van der Waals surface area (Å²) >= 11 is 0. The minimum absolute atomic E-state index is 0.0469. The van der Waals surface area contributed by atoms with E-state index in [9.17, 15) is 4.79 Å². The van der Waals surface area contributed by atoms with E-state index in [-0.39, 0.29) is 5.56 Å². The van der Waals surface area contributed by atoms with Gasteiger partial charge in [0.25, 0.3) is 0 Å². The van der Waals surface area contributed by atoms with Gasteiger partial charge < -0.3 is 15.0 Å². The second kappa shape index (κ2) is 7.77. The summed E-state index contributed by atoms with van der Waals surface area (Å²) in [5.41, 5.74) is 0.833. The fraction of sp³-hybridized carbons (Fsp3) is 0.789.